The summed E-state index contributed by atoms with van der Waals surface area (Å²) in [6, 6.07) is 3.37. The number of likely N-dealkylation sites (N-methyl/N-ethyl adjacent to an activating group) is 1. The van der Waals surface area contributed by atoms with Crippen molar-refractivity contribution in [1.29, 1.82) is 0 Å². The van der Waals surface area contributed by atoms with Gasteiger partial charge in [-0.3, -0.25) is 4.79 Å². The molecule has 1 aromatic rings. The summed E-state index contributed by atoms with van der Waals surface area (Å²) in [6.07, 6.45) is 0. The number of pyridine rings is 1. The molecule has 18 heavy (non-hydrogen) atoms. The molecule has 1 aromatic heterocycles. The number of hydrogen-bond donors (Lipinski definition) is 3. The first-order valence-corrected chi connectivity index (χ1v) is 5.99. The minimum atomic E-state index is -0.110. The molecule has 0 aliphatic carbocycles. The largest absolute Gasteiger partial charge is 0.351 e. The third-order valence-electron chi connectivity index (χ3n) is 2.68. The number of anilines is 1. The van der Waals surface area contributed by atoms with Gasteiger partial charge in [-0.05, 0) is 32.6 Å². The highest BCUT2D eigenvalue weighted by Crippen LogP contribution is 2.08. The average molecular weight is 251 g/mol. The minimum absolute atomic E-state index is 0.110. The summed E-state index contributed by atoms with van der Waals surface area (Å²) in [6.45, 7) is 6.31. The van der Waals surface area contributed by atoms with Gasteiger partial charge in [0.2, 0.25) is 0 Å². The molecule has 100 valence electrons. The van der Waals surface area contributed by atoms with Crippen LogP contribution in [0, 0.1) is 6.92 Å². The maximum atomic E-state index is 11.9. The lowest BCUT2D eigenvalue weighted by atomic mass is 10.2. The third-order valence-corrected chi connectivity index (χ3v) is 2.68. The van der Waals surface area contributed by atoms with Crippen LogP contribution < -0.4 is 16.6 Å². The molecular weight excluding hydrogens is 230 g/mol. The lowest BCUT2D eigenvalue weighted by Gasteiger charge is -2.14. The fourth-order valence-electron chi connectivity index (χ4n) is 1.49. The lowest BCUT2D eigenvalue weighted by Crippen LogP contribution is -2.33. The van der Waals surface area contributed by atoms with Gasteiger partial charge >= 0.3 is 0 Å². The maximum Gasteiger partial charge on any atom is 0.251 e. The van der Waals surface area contributed by atoms with E-state index in [0.29, 0.717) is 17.9 Å². The van der Waals surface area contributed by atoms with Crippen LogP contribution in [0.5, 0.6) is 0 Å². The Hall–Kier alpha value is -1.66. The van der Waals surface area contributed by atoms with Crippen molar-refractivity contribution in [2.24, 2.45) is 5.84 Å². The van der Waals surface area contributed by atoms with Gasteiger partial charge in [0.25, 0.3) is 5.91 Å². The molecule has 0 saturated carbocycles. The van der Waals surface area contributed by atoms with Crippen molar-refractivity contribution in [1.82, 2.24) is 15.2 Å². The standard InChI is InChI=1S/C12H21N5O/c1-4-17(3)6-5-14-12(18)10-7-9(2)15-11(8-10)16-13/h7-8H,4-6,13H2,1-3H3,(H,14,18)(H,15,16). The van der Waals surface area contributed by atoms with E-state index in [0.717, 1.165) is 18.8 Å². The summed E-state index contributed by atoms with van der Waals surface area (Å²) in [4.78, 5) is 18.2. The Balaban J connectivity index is 2.58. The molecule has 0 radical (unpaired) electrons. The number of nitrogens with zero attached hydrogens (tertiary/aromatic N) is 2. The van der Waals surface area contributed by atoms with E-state index in [9.17, 15) is 4.79 Å². The molecule has 0 saturated heterocycles. The first-order valence-electron chi connectivity index (χ1n) is 5.99. The van der Waals surface area contributed by atoms with Gasteiger partial charge in [-0.15, -0.1) is 0 Å². The highest BCUT2D eigenvalue weighted by Gasteiger charge is 2.08. The number of nitrogen functional groups attached to an aromatic ring is 1. The van der Waals surface area contributed by atoms with Gasteiger partial charge in [-0.2, -0.15) is 0 Å². The summed E-state index contributed by atoms with van der Waals surface area (Å²) in [7, 11) is 2.01. The van der Waals surface area contributed by atoms with E-state index >= 15 is 0 Å². The quantitative estimate of drug-likeness (QED) is 0.502. The SMILES string of the molecule is CCN(C)CCNC(=O)c1cc(C)nc(NN)c1. The summed E-state index contributed by atoms with van der Waals surface area (Å²) in [5, 5.41) is 2.87. The van der Waals surface area contributed by atoms with Crippen LogP contribution in [-0.2, 0) is 0 Å². The number of hydrogen-bond acceptors (Lipinski definition) is 5. The van der Waals surface area contributed by atoms with E-state index in [4.69, 9.17) is 5.84 Å². The van der Waals surface area contributed by atoms with E-state index in [1.54, 1.807) is 12.1 Å². The van der Waals surface area contributed by atoms with Gasteiger partial charge in [0.1, 0.15) is 5.82 Å². The number of nitrogens with one attached hydrogen (secondary N) is 2. The summed E-state index contributed by atoms with van der Waals surface area (Å²) >= 11 is 0. The van der Waals surface area contributed by atoms with E-state index in [1.807, 2.05) is 14.0 Å². The van der Waals surface area contributed by atoms with Crippen LogP contribution in [0.4, 0.5) is 5.82 Å². The first kappa shape index (κ1) is 14.4. The third kappa shape index (κ3) is 4.31. The summed E-state index contributed by atoms with van der Waals surface area (Å²) in [5.41, 5.74) is 3.76. The van der Waals surface area contributed by atoms with Gasteiger partial charge in [-0.25, -0.2) is 10.8 Å². The minimum Gasteiger partial charge on any atom is -0.351 e. The lowest BCUT2D eigenvalue weighted by molar-refractivity contribution is 0.0950. The number of nitrogens with two attached hydrogens (primary N) is 1. The zero-order valence-electron chi connectivity index (χ0n) is 11.2. The Labute approximate surface area is 108 Å². The second-order valence-electron chi connectivity index (χ2n) is 4.18. The number of carbonyl (C=O) groups excluding carboxylic acids is 1. The molecule has 4 N–H and O–H groups in total. The molecule has 1 amide bonds. The van der Waals surface area contributed by atoms with Gasteiger partial charge in [0.05, 0.1) is 0 Å². The Morgan fingerprint density at radius 3 is 2.83 bits per heavy atom. The van der Waals surface area contributed by atoms with Crippen LogP contribution in [0.3, 0.4) is 0 Å². The molecule has 0 unspecified atom stereocenters. The smallest absolute Gasteiger partial charge is 0.251 e. The van der Waals surface area contributed by atoms with Crippen LogP contribution in [0.2, 0.25) is 0 Å². The number of rotatable bonds is 6. The first-order chi connectivity index (χ1) is 8.56. The van der Waals surface area contributed by atoms with E-state index in [-0.39, 0.29) is 5.91 Å². The van der Waals surface area contributed by atoms with Crippen LogP contribution in [0.15, 0.2) is 12.1 Å². The van der Waals surface area contributed by atoms with Crippen molar-refractivity contribution < 1.29 is 4.79 Å². The topological polar surface area (TPSA) is 83.3 Å². The van der Waals surface area contributed by atoms with E-state index < -0.39 is 0 Å². The highest BCUT2D eigenvalue weighted by molar-refractivity contribution is 5.94. The van der Waals surface area contributed by atoms with Crippen molar-refractivity contribution in [3.05, 3.63) is 23.4 Å². The Bertz CT molecular complexity index is 407. The fraction of sp³-hybridized carbons (Fsp3) is 0.500. The molecule has 1 rings (SSSR count). The van der Waals surface area contributed by atoms with Crippen molar-refractivity contribution in [2.45, 2.75) is 13.8 Å². The van der Waals surface area contributed by atoms with Gasteiger partial charge in [0, 0.05) is 24.3 Å². The number of carbonyl (C=O) groups is 1. The molecule has 0 bridgehead atoms. The summed E-state index contributed by atoms with van der Waals surface area (Å²) < 4.78 is 0. The number of amides is 1. The second-order valence-corrected chi connectivity index (χ2v) is 4.18. The van der Waals surface area contributed by atoms with Crippen LogP contribution in [0.1, 0.15) is 23.0 Å². The molecule has 0 fully saturated rings. The van der Waals surface area contributed by atoms with Gasteiger partial charge < -0.3 is 15.6 Å². The molecule has 0 spiro atoms. The number of hydrazine groups is 1. The predicted molar refractivity (Wildman–Crippen MR) is 72.3 cm³/mol. The van der Waals surface area contributed by atoms with Gasteiger partial charge in [0.15, 0.2) is 0 Å². The molecule has 0 aliphatic rings. The molecule has 6 heteroatoms. The van der Waals surface area contributed by atoms with Crippen molar-refractivity contribution >= 4 is 11.7 Å². The van der Waals surface area contributed by atoms with Crippen molar-refractivity contribution in [3.63, 3.8) is 0 Å². The molecule has 0 aliphatic heterocycles. The monoisotopic (exact) mass is 251 g/mol. The predicted octanol–water partition coefficient (Wildman–Crippen LogP) is 0.357. The van der Waals surface area contributed by atoms with Crippen LogP contribution in [0.25, 0.3) is 0 Å². The molecule has 6 nitrogen and oxygen atoms in total. The Kier molecular flexibility index (Phi) is 5.54. The van der Waals surface area contributed by atoms with Crippen molar-refractivity contribution in [3.8, 4) is 0 Å². The highest BCUT2D eigenvalue weighted by atomic mass is 16.1. The zero-order chi connectivity index (χ0) is 13.5. The van der Waals surface area contributed by atoms with E-state index in [1.165, 1.54) is 0 Å². The molecule has 0 aromatic carbocycles. The van der Waals surface area contributed by atoms with Gasteiger partial charge in [-0.1, -0.05) is 6.92 Å². The fourth-order valence-corrected chi connectivity index (χ4v) is 1.49. The van der Waals surface area contributed by atoms with Crippen LogP contribution >= 0.6 is 0 Å². The Morgan fingerprint density at radius 1 is 1.50 bits per heavy atom. The number of aryl methyl sites for hydroxylation is 1. The van der Waals surface area contributed by atoms with E-state index in [2.05, 4.69) is 27.6 Å². The van der Waals surface area contributed by atoms with Crippen LogP contribution in [-0.4, -0.2) is 42.5 Å². The molecule has 1 heterocycles. The average Bonchev–Trinajstić information content (AvgIpc) is 2.37. The zero-order valence-corrected chi connectivity index (χ0v) is 11.2. The number of aromatic nitrogens is 1. The van der Waals surface area contributed by atoms with Crippen molar-refractivity contribution in [2.75, 3.05) is 32.1 Å². The molecule has 0 atom stereocenters. The Morgan fingerprint density at radius 2 is 2.22 bits per heavy atom. The normalized spacial score (nSPS) is 10.5. The maximum absolute atomic E-state index is 11.9. The summed E-state index contributed by atoms with van der Waals surface area (Å²) in [5.74, 6) is 5.68. The molecular formula is C12H21N5O. The second kappa shape index (κ2) is 6.93.